The number of imidazole rings is 1. The number of amides is 1. The standard InChI is InChI=1S/C17H17N3O2/c1-11(16-19-14-8-3-4-9-15(14)20-16)18-17(21)12-6-5-7-13(10-12)22-2/h3-11H,1-2H3,(H,18,21)(H,19,20)/t11-/m1/s1. The third kappa shape index (κ3) is 2.79. The van der Waals surface area contributed by atoms with Crippen LogP contribution in [0.1, 0.15) is 29.1 Å². The van der Waals surface area contributed by atoms with E-state index in [0.29, 0.717) is 11.3 Å². The van der Waals surface area contributed by atoms with Crippen molar-refractivity contribution >= 4 is 16.9 Å². The van der Waals surface area contributed by atoms with Crippen LogP contribution in [0.3, 0.4) is 0 Å². The van der Waals surface area contributed by atoms with Gasteiger partial charge in [0.15, 0.2) is 0 Å². The average Bonchev–Trinajstić information content (AvgIpc) is 2.99. The lowest BCUT2D eigenvalue weighted by Crippen LogP contribution is -2.27. The SMILES string of the molecule is COc1cccc(C(=O)N[C@H](C)c2nc3ccccc3[nH]2)c1. The van der Waals surface area contributed by atoms with Gasteiger partial charge >= 0.3 is 0 Å². The molecule has 0 aliphatic rings. The number of carbonyl (C=O) groups excluding carboxylic acids is 1. The Labute approximate surface area is 128 Å². The fourth-order valence-corrected chi connectivity index (χ4v) is 2.29. The fourth-order valence-electron chi connectivity index (χ4n) is 2.29. The number of carbonyl (C=O) groups is 1. The third-order valence-corrected chi connectivity index (χ3v) is 3.50. The lowest BCUT2D eigenvalue weighted by atomic mass is 10.2. The van der Waals surface area contributed by atoms with Crippen LogP contribution in [0.25, 0.3) is 11.0 Å². The predicted octanol–water partition coefficient (Wildman–Crippen LogP) is 3.06. The maximum Gasteiger partial charge on any atom is 0.251 e. The van der Waals surface area contributed by atoms with E-state index in [9.17, 15) is 4.79 Å². The van der Waals surface area contributed by atoms with E-state index < -0.39 is 0 Å². The molecule has 0 spiro atoms. The lowest BCUT2D eigenvalue weighted by Gasteiger charge is -2.12. The minimum atomic E-state index is -0.217. The molecule has 3 rings (SSSR count). The Kier molecular flexibility index (Phi) is 3.78. The van der Waals surface area contributed by atoms with Gasteiger partial charge in [0.25, 0.3) is 5.91 Å². The van der Waals surface area contributed by atoms with Crippen molar-refractivity contribution < 1.29 is 9.53 Å². The van der Waals surface area contributed by atoms with Gasteiger partial charge in [0.1, 0.15) is 11.6 Å². The molecule has 1 amide bonds. The second kappa shape index (κ2) is 5.89. The number of fused-ring (bicyclic) bond motifs is 1. The third-order valence-electron chi connectivity index (χ3n) is 3.50. The molecule has 5 heteroatoms. The number of ether oxygens (including phenoxy) is 1. The molecule has 0 aliphatic heterocycles. The molecule has 2 N–H and O–H groups in total. The molecule has 3 aromatic rings. The van der Waals surface area contributed by atoms with Crippen LogP contribution in [0.15, 0.2) is 48.5 Å². The Bertz CT molecular complexity index is 777. The molecule has 1 heterocycles. The van der Waals surface area contributed by atoms with E-state index in [1.54, 1.807) is 31.4 Å². The van der Waals surface area contributed by atoms with Crippen LogP contribution in [-0.2, 0) is 0 Å². The molecule has 0 unspecified atom stereocenters. The van der Waals surface area contributed by atoms with Crippen LogP contribution in [0.4, 0.5) is 0 Å². The van der Waals surface area contributed by atoms with Gasteiger partial charge in [-0.1, -0.05) is 18.2 Å². The molecule has 0 radical (unpaired) electrons. The monoisotopic (exact) mass is 295 g/mol. The van der Waals surface area contributed by atoms with E-state index in [2.05, 4.69) is 15.3 Å². The maximum atomic E-state index is 12.3. The van der Waals surface area contributed by atoms with Crippen molar-refractivity contribution in [2.24, 2.45) is 0 Å². The Morgan fingerprint density at radius 3 is 2.82 bits per heavy atom. The highest BCUT2D eigenvalue weighted by atomic mass is 16.5. The molecule has 0 bridgehead atoms. The molecule has 1 aromatic heterocycles. The highest BCUT2D eigenvalue weighted by Gasteiger charge is 2.15. The van der Waals surface area contributed by atoms with Crippen LogP contribution in [0, 0.1) is 0 Å². The van der Waals surface area contributed by atoms with E-state index in [0.717, 1.165) is 16.9 Å². The van der Waals surface area contributed by atoms with Crippen molar-refractivity contribution in [2.45, 2.75) is 13.0 Å². The van der Waals surface area contributed by atoms with E-state index in [4.69, 9.17) is 4.74 Å². The summed E-state index contributed by atoms with van der Waals surface area (Å²) in [4.78, 5) is 20.0. The number of para-hydroxylation sites is 2. The fraction of sp³-hybridized carbons (Fsp3) is 0.176. The highest BCUT2D eigenvalue weighted by molar-refractivity contribution is 5.94. The second-order valence-electron chi connectivity index (χ2n) is 5.07. The summed E-state index contributed by atoms with van der Waals surface area (Å²) in [5.41, 5.74) is 2.40. The number of nitrogens with zero attached hydrogens (tertiary/aromatic N) is 1. The van der Waals surface area contributed by atoms with Gasteiger partial charge in [-0.2, -0.15) is 0 Å². The molecule has 0 saturated carbocycles. The number of hydrogen-bond donors (Lipinski definition) is 2. The smallest absolute Gasteiger partial charge is 0.251 e. The summed E-state index contributed by atoms with van der Waals surface area (Å²) < 4.78 is 5.14. The normalized spacial score (nSPS) is 12.1. The van der Waals surface area contributed by atoms with Crippen molar-refractivity contribution in [2.75, 3.05) is 7.11 Å². The Hall–Kier alpha value is -2.82. The van der Waals surface area contributed by atoms with Gasteiger partial charge in [0.2, 0.25) is 0 Å². The summed E-state index contributed by atoms with van der Waals surface area (Å²) in [5, 5.41) is 2.94. The number of H-pyrrole nitrogens is 1. The van der Waals surface area contributed by atoms with Gasteiger partial charge in [-0.25, -0.2) is 4.98 Å². The molecular weight excluding hydrogens is 278 g/mol. The Balaban J connectivity index is 1.77. The number of rotatable bonds is 4. The van der Waals surface area contributed by atoms with Crippen molar-refractivity contribution in [3.05, 3.63) is 59.9 Å². The van der Waals surface area contributed by atoms with Crippen molar-refractivity contribution in [3.8, 4) is 5.75 Å². The molecule has 22 heavy (non-hydrogen) atoms. The number of aromatic nitrogens is 2. The van der Waals surface area contributed by atoms with Crippen LogP contribution < -0.4 is 10.1 Å². The zero-order chi connectivity index (χ0) is 15.5. The van der Waals surface area contributed by atoms with Gasteiger partial charge in [0.05, 0.1) is 24.2 Å². The van der Waals surface area contributed by atoms with E-state index in [1.165, 1.54) is 0 Å². The first kappa shape index (κ1) is 14.1. The molecule has 0 fully saturated rings. The summed E-state index contributed by atoms with van der Waals surface area (Å²) >= 11 is 0. The van der Waals surface area contributed by atoms with E-state index in [1.807, 2.05) is 31.2 Å². The number of aromatic amines is 1. The number of benzene rings is 2. The summed E-state index contributed by atoms with van der Waals surface area (Å²) in [6.45, 7) is 1.90. The summed E-state index contributed by atoms with van der Waals surface area (Å²) in [7, 11) is 1.58. The zero-order valence-electron chi connectivity index (χ0n) is 12.5. The molecular formula is C17H17N3O2. The molecule has 0 aliphatic carbocycles. The number of nitrogens with one attached hydrogen (secondary N) is 2. The zero-order valence-corrected chi connectivity index (χ0v) is 12.5. The first-order chi connectivity index (χ1) is 10.7. The minimum Gasteiger partial charge on any atom is -0.497 e. The molecule has 2 aromatic carbocycles. The Morgan fingerprint density at radius 1 is 1.23 bits per heavy atom. The predicted molar refractivity (Wildman–Crippen MR) is 85.0 cm³/mol. The van der Waals surface area contributed by atoms with Gasteiger partial charge in [-0.3, -0.25) is 4.79 Å². The van der Waals surface area contributed by atoms with E-state index >= 15 is 0 Å². The van der Waals surface area contributed by atoms with Gasteiger partial charge in [-0.15, -0.1) is 0 Å². The first-order valence-corrected chi connectivity index (χ1v) is 7.07. The Morgan fingerprint density at radius 2 is 2.05 bits per heavy atom. The lowest BCUT2D eigenvalue weighted by molar-refractivity contribution is 0.0938. The topological polar surface area (TPSA) is 67.0 Å². The summed E-state index contributed by atoms with van der Waals surface area (Å²) in [6.07, 6.45) is 0. The van der Waals surface area contributed by atoms with Gasteiger partial charge < -0.3 is 15.0 Å². The average molecular weight is 295 g/mol. The maximum absolute atomic E-state index is 12.3. The minimum absolute atomic E-state index is 0.160. The number of hydrogen-bond acceptors (Lipinski definition) is 3. The molecule has 0 saturated heterocycles. The van der Waals surface area contributed by atoms with Crippen molar-refractivity contribution in [1.29, 1.82) is 0 Å². The number of methoxy groups -OCH3 is 1. The van der Waals surface area contributed by atoms with Crippen molar-refractivity contribution in [1.82, 2.24) is 15.3 Å². The molecule has 5 nitrogen and oxygen atoms in total. The summed E-state index contributed by atoms with van der Waals surface area (Å²) in [6, 6.07) is 14.6. The van der Waals surface area contributed by atoms with Crippen LogP contribution in [-0.4, -0.2) is 23.0 Å². The largest absolute Gasteiger partial charge is 0.497 e. The quantitative estimate of drug-likeness (QED) is 0.777. The van der Waals surface area contributed by atoms with Gasteiger partial charge in [-0.05, 0) is 37.3 Å². The van der Waals surface area contributed by atoms with Gasteiger partial charge in [0, 0.05) is 5.56 Å². The van der Waals surface area contributed by atoms with Crippen LogP contribution >= 0.6 is 0 Å². The molecule has 1 atom stereocenters. The second-order valence-corrected chi connectivity index (χ2v) is 5.07. The van der Waals surface area contributed by atoms with Crippen LogP contribution in [0.2, 0.25) is 0 Å². The van der Waals surface area contributed by atoms with Crippen molar-refractivity contribution in [3.63, 3.8) is 0 Å². The first-order valence-electron chi connectivity index (χ1n) is 7.07. The summed E-state index contributed by atoms with van der Waals surface area (Å²) in [5.74, 6) is 1.23. The molecule has 112 valence electrons. The van der Waals surface area contributed by atoms with E-state index in [-0.39, 0.29) is 11.9 Å². The van der Waals surface area contributed by atoms with Crippen LogP contribution in [0.5, 0.6) is 5.75 Å². The highest BCUT2D eigenvalue weighted by Crippen LogP contribution is 2.17.